The van der Waals surface area contributed by atoms with E-state index in [1.807, 2.05) is 38.2 Å². The number of hydrogen-bond donors (Lipinski definition) is 0. The van der Waals surface area contributed by atoms with Gasteiger partial charge in [-0.3, -0.25) is 0 Å². The first kappa shape index (κ1) is 10.8. The molecule has 0 bridgehead atoms. The monoisotopic (exact) mass is 193 g/mol. The number of rotatable bonds is 2. The third kappa shape index (κ3) is 2.59. The first-order valence-electron chi connectivity index (χ1n) is 4.62. The second-order valence-corrected chi connectivity index (χ2v) is 3.74. The average molecular weight is 193 g/mol. The smallest absolute Gasteiger partial charge is 0.126 e. The van der Waals surface area contributed by atoms with Crippen LogP contribution in [-0.4, -0.2) is 19.0 Å². The van der Waals surface area contributed by atoms with Crippen LogP contribution in [0.25, 0.3) is 5.57 Å². The van der Waals surface area contributed by atoms with E-state index in [1.165, 1.54) is 0 Å². The van der Waals surface area contributed by atoms with Gasteiger partial charge in [-0.2, -0.15) is 0 Å². The summed E-state index contributed by atoms with van der Waals surface area (Å²) in [6.07, 6.45) is 1.98. The van der Waals surface area contributed by atoms with Crippen LogP contribution in [0, 0.1) is 12.7 Å². The highest BCUT2D eigenvalue weighted by atomic mass is 19.1. The molecule has 0 spiro atoms. The van der Waals surface area contributed by atoms with E-state index in [0.717, 1.165) is 11.1 Å². The molecule has 1 aromatic carbocycles. The van der Waals surface area contributed by atoms with E-state index in [0.29, 0.717) is 5.56 Å². The topological polar surface area (TPSA) is 3.24 Å². The van der Waals surface area contributed by atoms with Crippen LogP contribution in [0.2, 0.25) is 0 Å². The molecule has 0 fully saturated rings. The summed E-state index contributed by atoms with van der Waals surface area (Å²) in [5.74, 6) is -0.144. The molecule has 0 unspecified atom stereocenters. The van der Waals surface area contributed by atoms with Crippen LogP contribution in [0.4, 0.5) is 4.39 Å². The lowest BCUT2D eigenvalue weighted by Crippen LogP contribution is -2.01. The van der Waals surface area contributed by atoms with Crippen molar-refractivity contribution in [2.45, 2.75) is 13.8 Å². The highest BCUT2D eigenvalue weighted by molar-refractivity contribution is 5.63. The van der Waals surface area contributed by atoms with E-state index < -0.39 is 0 Å². The summed E-state index contributed by atoms with van der Waals surface area (Å²) in [6, 6.07) is 5.32. The molecule has 0 aliphatic heterocycles. The summed E-state index contributed by atoms with van der Waals surface area (Å²) in [6.45, 7) is 3.74. The number of aryl methyl sites for hydroxylation is 1. The summed E-state index contributed by atoms with van der Waals surface area (Å²) >= 11 is 0. The molecular formula is C12H16FN. The Morgan fingerprint density at radius 1 is 1.36 bits per heavy atom. The summed E-state index contributed by atoms with van der Waals surface area (Å²) in [7, 11) is 3.90. The normalized spacial score (nSPS) is 11.6. The summed E-state index contributed by atoms with van der Waals surface area (Å²) in [5, 5.41) is 0. The Hall–Kier alpha value is -1.31. The number of nitrogens with zero attached hydrogens (tertiary/aromatic N) is 1. The van der Waals surface area contributed by atoms with Gasteiger partial charge in [-0.25, -0.2) is 4.39 Å². The quantitative estimate of drug-likeness (QED) is 0.697. The number of allylic oxidation sites excluding steroid dienone is 1. The molecule has 0 saturated carbocycles. The van der Waals surface area contributed by atoms with Gasteiger partial charge in [-0.15, -0.1) is 0 Å². The number of benzene rings is 1. The number of halogens is 1. The van der Waals surface area contributed by atoms with Crippen LogP contribution >= 0.6 is 0 Å². The fourth-order valence-corrected chi connectivity index (χ4v) is 1.30. The van der Waals surface area contributed by atoms with Gasteiger partial charge in [0.25, 0.3) is 0 Å². The largest absolute Gasteiger partial charge is 0.383 e. The molecule has 0 heterocycles. The van der Waals surface area contributed by atoms with E-state index in [9.17, 15) is 4.39 Å². The molecule has 0 N–H and O–H groups in total. The molecule has 0 aliphatic carbocycles. The molecule has 0 aliphatic rings. The minimum Gasteiger partial charge on any atom is -0.383 e. The van der Waals surface area contributed by atoms with Crippen molar-refractivity contribution in [2.75, 3.05) is 14.1 Å². The van der Waals surface area contributed by atoms with Gasteiger partial charge in [0.1, 0.15) is 5.82 Å². The Bertz CT molecular complexity index is 353. The highest BCUT2D eigenvalue weighted by Gasteiger charge is 2.00. The molecule has 2 heteroatoms. The van der Waals surface area contributed by atoms with Crippen molar-refractivity contribution in [3.05, 3.63) is 41.3 Å². The molecule has 1 rings (SSSR count). The first-order chi connectivity index (χ1) is 6.50. The van der Waals surface area contributed by atoms with Gasteiger partial charge in [0.05, 0.1) is 0 Å². The molecule has 0 saturated heterocycles. The molecule has 0 aromatic heterocycles. The first-order valence-corrected chi connectivity index (χ1v) is 4.62. The van der Waals surface area contributed by atoms with E-state index >= 15 is 0 Å². The molecule has 0 radical (unpaired) electrons. The Balaban J connectivity index is 3.03. The SMILES string of the molecule is CC(=CN(C)C)c1ccc(C)c(F)c1. The van der Waals surface area contributed by atoms with Crippen LogP contribution in [-0.2, 0) is 0 Å². The summed E-state index contributed by atoms with van der Waals surface area (Å²) < 4.78 is 13.2. The second-order valence-electron chi connectivity index (χ2n) is 3.74. The van der Waals surface area contributed by atoms with Gasteiger partial charge in [0, 0.05) is 20.3 Å². The zero-order valence-electron chi connectivity index (χ0n) is 9.13. The van der Waals surface area contributed by atoms with Crippen LogP contribution in [0.3, 0.4) is 0 Å². The minimum absolute atomic E-state index is 0.144. The predicted octanol–water partition coefficient (Wildman–Crippen LogP) is 3.06. The van der Waals surface area contributed by atoms with Crippen molar-refractivity contribution in [1.82, 2.24) is 4.90 Å². The maximum absolute atomic E-state index is 13.2. The van der Waals surface area contributed by atoms with Crippen molar-refractivity contribution in [2.24, 2.45) is 0 Å². The van der Waals surface area contributed by atoms with Gasteiger partial charge >= 0.3 is 0 Å². The fourth-order valence-electron chi connectivity index (χ4n) is 1.30. The lowest BCUT2D eigenvalue weighted by Gasteiger charge is -2.09. The average Bonchev–Trinajstić information content (AvgIpc) is 2.08. The van der Waals surface area contributed by atoms with E-state index in [2.05, 4.69) is 0 Å². The molecular weight excluding hydrogens is 177 g/mol. The lowest BCUT2D eigenvalue weighted by molar-refractivity contribution is 0.565. The van der Waals surface area contributed by atoms with E-state index in [1.54, 1.807) is 19.1 Å². The predicted molar refractivity (Wildman–Crippen MR) is 58.5 cm³/mol. The Morgan fingerprint density at radius 2 is 2.00 bits per heavy atom. The van der Waals surface area contributed by atoms with Gasteiger partial charge < -0.3 is 4.90 Å². The van der Waals surface area contributed by atoms with Gasteiger partial charge in [0.15, 0.2) is 0 Å². The molecule has 1 aromatic rings. The highest BCUT2D eigenvalue weighted by Crippen LogP contribution is 2.17. The van der Waals surface area contributed by atoms with Crippen LogP contribution in [0.15, 0.2) is 24.4 Å². The van der Waals surface area contributed by atoms with Crippen molar-refractivity contribution in [1.29, 1.82) is 0 Å². The maximum atomic E-state index is 13.2. The van der Waals surface area contributed by atoms with Gasteiger partial charge in [-0.1, -0.05) is 12.1 Å². The fraction of sp³-hybridized carbons (Fsp3) is 0.333. The summed E-state index contributed by atoms with van der Waals surface area (Å²) in [5.41, 5.74) is 2.68. The van der Waals surface area contributed by atoms with Gasteiger partial charge in [0.2, 0.25) is 0 Å². The molecule has 76 valence electrons. The van der Waals surface area contributed by atoms with Crippen LogP contribution < -0.4 is 0 Å². The standard InChI is InChI=1S/C12H16FN/c1-9-5-6-11(7-12(9)13)10(2)8-14(3)4/h5-8H,1-4H3. The Labute approximate surface area is 84.9 Å². The Kier molecular flexibility index (Phi) is 3.28. The minimum atomic E-state index is -0.144. The van der Waals surface area contributed by atoms with Crippen molar-refractivity contribution >= 4 is 5.57 Å². The molecule has 0 amide bonds. The molecule has 14 heavy (non-hydrogen) atoms. The van der Waals surface area contributed by atoms with Crippen molar-refractivity contribution in [3.8, 4) is 0 Å². The summed E-state index contributed by atoms with van der Waals surface area (Å²) in [4.78, 5) is 1.95. The third-order valence-electron chi connectivity index (χ3n) is 2.08. The zero-order valence-corrected chi connectivity index (χ0v) is 9.13. The van der Waals surface area contributed by atoms with Crippen molar-refractivity contribution in [3.63, 3.8) is 0 Å². The zero-order chi connectivity index (χ0) is 10.7. The van der Waals surface area contributed by atoms with Crippen molar-refractivity contribution < 1.29 is 4.39 Å². The van der Waals surface area contributed by atoms with E-state index in [-0.39, 0.29) is 5.82 Å². The van der Waals surface area contributed by atoms with Gasteiger partial charge in [-0.05, 0) is 36.6 Å². The lowest BCUT2D eigenvalue weighted by atomic mass is 10.1. The third-order valence-corrected chi connectivity index (χ3v) is 2.08. The Morgan fingerprint density at radius 3 is 2.50 bits per heavy atom. The molecule has 1 nitrogen and oxygen atoms in total. The second kappa shape index (κ2) is 4.27. The van der Waals surface area contributed by atoms with Crippen LogP contribution in [0.5, 0.6) is 0 Å². The van der Waals surface area contributed by atoms with E-state index in [4.69, 9.17) is 0 Å². The molecule has 0 atom stereocenters. The maximum Gasteiger partial charge on any atom is 0.126 e. The van der Waals surface area contributed by atoms with Crippen LogP contribution in [0.1, 0.15) is 18.1 Å². The number of hydrogen-bond acceptors (Lipinski definition) is 1.